The van der Waals surface area contributed by atoms with Gasteiger partial charge in [0.05, 0.1) is 5.69 Å². The summed E-state index contributed by atoms with van der Waals surface area (Å²) in [5.41, 5.74) is 7.52. The summed E-state index contributed by atoms with van der Waals surface area (Å²) in [5, 5.41) is 8.75. The Labute approximate surface area is 93.8 Å². The van der Waals surface area contributed by atoms with Gasteiger partial charge in [0.2, 0.25) is 0 Å². The van der Waals surface area contributed by atoms with Crippen LogP contribution in [0.3, 0.4) is 0 Å². The number of aliphatic carboxylic acids is 1. The molecule has 0 aliphatic heterocycles. The molecule has 1 aliphatic rings. The average Bonchev–Trinajstić information content (AvgIpc) is 2.29. The van der Waals surface area contributed by atoms with Gasteiger partial charge < -0.3 is 10.8 Å². The third-order valence-corrected chi connectivity index (χ3v) is 2.87. The summed E-state index contributed by atoms with van der Waals surface area (Å²) in [6, 6.07) is 3.95. The second-order valence-corrected chi connectivity index (χ2v) is 3.97. The smallest absolute Gasteiger partial charge is 0.351 e. The van der Waals surface area contributed by atoms with Gasteiger partial charge in [-0.1, -0.05) is 6.07 Å². The number of nitrogens with zero attached hydrogens (tertiary/aromatic N) is 1. The van der Waals surface area contributed by atoms with Crippen LogP contribution in [0, 0.1) is 0 Å². The van der Waals surface area contributed by atoms with Crippen LogP contribution in [0.25, 0.3) is 0 Å². The van der Waals surface area contributed by atoms with Crippen molar-refractivity contribution in [1.82, 2.24) is 4.98 Å². The van der Waals surface area contributed by atoms with Gasteiger partial charge in [-0.05, 0) is 37.0 Å². The van der Waals surface area contributed by atoms with E-state index in [-0.39, 0.29) is 11.6 Å². The predicted octanol–water partition coefficient (Wildman–Crippen LogP) is 1.43. The quantitative estimate of drug-likeness (QED) is 0.736. The highest BCUT2D eigenvalue weighted by atomic mass is 16.4. The zero-order chi connectivity index (χ0) is 11.5. The van der Waals surface area contributed by atoms with Crippen LogP contribution in [0.2, 0.25) is 0 Å². The van der Waals surface area contributed by atoms with Gasteiger partial charge in [0.15, 0.2) is 0 Å². The maximum Gasteiger partial charge on any atom is 0.351 e. The first-order valence-electron chi connectivity index (χ1n) is 5.33. The minimum absolute atomic E-state index is 0.0426. The molecule has 2 rings (SSSR count). The molecule has 4 heteroatoms. The Hall–Kier alpha value is -1.84. The highest BCUT2D eigenvalue weighted by molar-refractivity contribution is 5.85. The minimum atomic E-state index is -1.07. The van der Waals surface area contributed by atoms with Gasteiger partial charge >= 0.3 is 5.97 Å². The number of aromatic nitrogens is 1. The van der Waals surface area contributed by atoms with E-state index in [9.17, 15) is 4.79 Å². The highest BCUT2D eigenvalue weighted by Crippen LogP contribution is 2.30. The zero-order valence-electron chi connectivity index (χ0n) is 8.89. The fourth-order valence-corrected chi connectivity index (χ4v) is 2.10. The number of rotatable bonds is 2. The van der Waals surface area contributed by atoms with E-state index in [2.05, 4.69) is 4.98 Å². The van der Waals surface area contributed by atoms with Crippen molar-refractivity contribution in [2.45, 2.75) is 25.2 Å². The van der Waals surface area contributed by atoms with E-state index in [0.29, 0.717) is 0 Å². The first kappa shape index (κ1) is 10.7. The van der Waals surface area contributed by atoms with E-state index < -0.39 is 5.97 Å². The highest BCUT2D eigenvalue weighted by Gasteiger charge is 2.20. The van der Waals surface area contributed by atoms with Crippen LogP contribution in [0.4, 0.5) is 0 Å². The molecule has 0 aromatic carbocycles. The van der Waals surface area contributed by atoms with Crippen LogP contribution in [0.15, 0.2) is 30.1 Å². The lowest BCUT2D eigenvalue weighted by atomic mass is 9.86. The van der Waals surface area contributed by atoms with Crippen molar-refractivity contribution in [2.24, 2.45) is 5.73 Å². The zero-order valence-corrected chi connectivity index (χ0v) is 8.89. The number of fused-ring (bicyclic) bond motifs is 1. The monoisotopic (exact) mass is 218 g/mol. The minimum Gasteiger partial charge on any atom is -0.477 e. The van der Waals surface area contributed by atoms with Gasteiger partial charge in [-0.25, -0.2) is 4.79 Å². The van der Waals surface area contributed by atoms with E-state index in [1.807, 2.05) is 12.1 Å². The number of carboxylic acids is 1. The molecule has 1 unspecified atom stereocenters. The molecule has 1 aromatic rings. The molecule has 0 fully saturated rings. The predicted molar refractivity (Wildman–Crippen MR) is 59.8 cm³/mol. The summed E-state index contributed by atoms with van der Waals surface area (Å²) >= 11 is 0. The average molecular weight is 218 g/mol. The van der Waals surface area contributed by atoms with E-state index >= 15 is 0 Å². The van der Waals surface area contributed by atoms with Crippen LogP contribution in [-0.4, -0.2) is 16.1 Å². The first-order valence-corrected chi connectivity index (χ1v) is 5.33. The molecule has 0 bridgehead atoms. The Morgan fingerprint density at radius 1 is 1.62 bits per heavy atom. The van der Waals surface area contributed by atoms with Crippen molar-refractivity contribution in [3.8, 4) is 0 Å². The second kappa shape index (κ2) is 4.35. The lowest BCUT2D eigenvalue weighted by Crippen LogP contribution is -2.15. The molecule has 0 amide bonds. The molecule has 4 nitrogen and oxygen atoms in total. The van der Waals surface area contributed by atoms with E-state index in [0.717, 1.165) is 25.0 Å². The number of carboxylic acid groups (broad SMARTS) is 1. The van der Waals surface area contributed by atoms with Crippen LogP contribution in [-0.2, 0) is 11.2 Å². The molecule has 16 heavy (non-hydrogen) atoms. The van der Waals surface area contributed by atoms with Crippen LogP contribution in [0.1, 0.15) is 30.0 Å². The Balaban J connectivity index is 2.32. The summed E-state index contributed by atoms with van der Waals surface area (Å²) < 4.78 is 0. The molecule has 1 atom stereocenters. The maximum absolute atomic E-state index is 10.7. The van der Waals surface area contributed by atoms with Crippen LogP contribution < -0.4 is 5.73 Å². The number of carbonyl (C=O) groups is 1. The molecule has 0 radical (unpaired) electrons. The van der Waals surface area contributed by atoms with Crippen LogP contribution >= 0.6 is 0 Å². The molecular weight excluding hydrogens is 204 g/mol. The van der Waals surface area contributed by atoms with Crippen molar-refractivity contribution in [1.29, 1.82) is 0 Å². The Bertz CT molecular complexity index is 440. The third-order valence-electron chi connectivity index (χ3n) is 2.87. The molecule has 0 spiro atoms. The Morgan fingerprint density at radius 2 is 2.44 bits per heavy atom. The van der Waals surface area contributed by atoms with Gasteiger partial charge in [-0.3, -0.25) is 4.98 Å². The molecule has 0 saturated carbocycles. The topological polar surface area (TPSA) is 76.2 Å². The second-order valence-electron chi connectivity index (χ2n) is 3.97. The molecular formula is C12H14N2O2. The third kappa shape index (κ3) is 2.05. The normalized spacial score (nSPS) is 20.2. The van der Waals surface area contributed by atoms with Crippen molar-refractivity contribution in [3.63, 3.8) is 0 Å². The standard InChI is InChI=1S/C12H14N2O2/c13-10(12(15)16)7-9-4-1-3-8-5-2-6-14-11(8)9/h2,5-7,9H,1,3-4,13H2,(H,15,16)/b10-7+. The van der Waals surface area contributed by atoms with E-state index in [1.165, 1.54) is 5.56 Å². The van der Waals surface area contributed by atoms with Crippen LogP contribution in [0.5, 0.6) is 0 Å². The molecule has 1 aliphatic carbocycles. The molecule has 1 aromatic heterocycles. The SMILES string of the molecule is N/C(=C/C1CCCc2cccnc21)C(=O)O. The van der Waals surface area contributed by atoms with Gasteiger partial charge in [0, 0.05) is 12.1 Å². The fraction of sp³-hybridized carbons (Fsp3) is 0.333. The summed E-state index contributed by atoms with van der Waals surface area (Å²) in [6.45, 7) is 0. The maximum atomic E-state index is 10.7. The lowest BCUT2D eigenvalue weighted by molar-refractivity contribution is -0.132. The van der Waals surface area contributed by atoms with Gasteiger partial charge in [0.25, 0.3) is 0 Å². The van der Waals surface area contributed by atoms with E-state index in [1.54, 1.807) is 12.3 Å². The van der Waals surface area contributed by atoms with E-state index in [4.69, 9.17) is 10.8 Å². The first-order chi connectivity index (χ1) is 7.68. The summed E-state index contributed by atoms with van der Waals surface area (Å²) in [6.07, 6.45) is 6.32. The number of nitrogens with two attached hydrogens (primary N) is 1. The Morgan fingerprint density at radius 3 is 3.19 bits per heavy atom. The fourth-order valence-electron chi connectivity index (χ4n) is 2.10. The summed E-state index contributed by atoms with van der Waals surface area (Å²) in [7, 11) is 0. The molecule has 1 heterocycles. The van der Waals surface area contributed by atoms with Crippen molar-refractivity contribution < 1.29 is 9.90 Å². The summed E-state index contributed by atoms with van der Waals surface area (Å²) in [5.74, 6) is -1.02. The number of hydrogen-bond acceptors (Lipinski definition) is 3. The van der Waals surface area contributed by atoms with Gasteiger partial charge in [0.1, 0.15) is 5.70 Å². The number of allylic oxidation sites excluding steroid dienone is 1. The number of hydrogen-bond donors (Lipinski definition) is 2. The molecule has 0 saturated heterocycles. The largest absolute Gasteiger partial charge is 0.477 e. The van der Waals surface area contributed by atoms with Gasteiger partial charge in [-0.15, -0.1) is 0 Å². The lowest BCUT2D eigenvalue weighted by Gasteiger charge is -2.21. The number of aryl methyl sites for hydroxylation is 1. The number of pyridine rings is 1. The molecule has 3 N–H and O–H groups in total. The van der Waals surface area contributed by atoms with Gasteiger partial charge in [-0.2, -0.15) is 0 Å². The van der Waals surface area contributed by atoms with Crippen molar-refractivity contribution >= 4 is 5.97 Å². The Kier molecular flexibility index (Phi) is 2.90. The van der Waals surface area contributed by atoms with Crippen molar-refractivity contribution in [2.75, 3.05) is 0 Å². The van der Waals surface area contributed by atoms with Crippen molar-refractivity contribution in [3.05, 3.63) is 41.4 Å². The molecule has 84 valence electrons. The summed E-state index contributed by atoms with van der Waals surface area (Å²) in [4.78, 5) is 15.0.